The highest BCUT2D eigenvalue weighted by molar-refractivity contribution is 5.44. The van der Waals surface area contributed by atoms with Gasteiger partial charge in [0.1, 0.15) is 5.82 Å². The van der Waals surface area contributed by atoms with Gasteiger partial charge in [-0.15, -0.1) is 15.3 Å². The molecule has 2 aromatic heterocycles. The van der Waals surface area contributed by atoms with Crippen LogP contribution < -0.4 is 5.32 Å². The number of rotatable bonds is 4. The summed E-state index contributed by atoms with van der Waals surface area (Å²) in [5.74, 6) is -0.734. The average Bonchev–Trinajstić information content (AvgIpc) is 2.78. The molecule has 2 heterocycles. The smallest absolute Gasteiger partial charge is 0.366 e. The van der Waals surface area contributed by atoms with Gasteiger partial charge in [-0.2, -0.15) is 17.7 Å². The maximum absolute atomic E-state index is 12.7. The van der Waals surface area contributed by atoms with Crippen LogP contribution in [0.15, 0.2) is 12.1 Å². The van der Waals surface area contributed by atoms with Gasteiger partial charge in [0.2, 0.25) is 0 Å². The SMILES string of the molecule is CCC(CC)Nc1ccc2nnc(C(F)(F)F)n2n1. The standard InChI is InChI=1S/C11H14F3N5/c1-3-7(4-2)15-8-5-6-9-16-17-10(11(12,13)14)19(9)18-8/h5-7H,3-4H2,1-2H3,(H,15,18). The highest BCUT2D eigenvalue weighted by atomic mass is 19.4. The fourth-order valence-electron chi connectivity index (χ4n) is 1.74. The van der Waals surface area contributed by atoms with Crippen molar-refractivity contribution in [1.82, 2.24) is 19.8 Å². The van der Waals surface area contributed by atoms with Crippen LogP contribution >= 0.6 is 0 Å². The monoisotopic (exact) mass is 273 g/mol. The molecule has 0 aliphatic rings. The molecule has 0 bridgehead atoms. The number of nitrogens with zero attached hydrogens (tertiary/aromatic N) is 4. The predicted molar refractivity (Wildman–Crippen MR) is 63.8 cm³/mol. The number of halogens is 3. The van der Waals surface area contributed by atoms with Gasteiger partial charge >= 0.3 is 6.18 Å². The Bertz CT molecular complexity index is 559. The molecular formula is C11H14F3N5. The number of hydrogen-bond donors (Lipinski definition) is 1. The fourth-order valence-corrected chi connectivity index (χ4v) is 1.74. The normalized spacial score (nSPS) is 12.3. The first kappa shape index (κ1) is 13.6. The quantitative estimate of drug-likeness (QED) is 0.930. The number of aromatic nitrogens is 4. The van der Waals surface area contributed by atoms with E-state index in [1.807, 2.05) is 13.8 Å². The van der Waals surface area contributed by atoms with Gasteiger partial charge in [0.15, 0.2) is 5.65 Å². The Morgan fingerprint density at radius 1 is 1.21 bits per heavy atom. The molecule has 104 valence electrons. The second-order valence-electron chi connectivity index (χ2n) is 4.17. The molecule has 0 radical (unpaired) electrons. The predicted octanol–water partition coefficient (Wildman–Crippen LogP) is 2.74. The molecule has 0 aromatic carbocycles. The number of nitrogens with one attached hydrogen (secondary N) is 1. The molecule has 0 aliphatic heterocycles. The van der Waals surface area contributed by atoms with Gasteiger partial charge in [-0.1, -0.05) is 13.8 Å². The number of alkyl halides is 3. The summed E-state index contributed by atoms with van der Waals surface area (Å²) in [5.41, 5.74) is 0.0717. The zero-order valence-corrected chi connectivity index (χ0v) is 10.6. The van der Waals surface area contributed by atoms with Crippen LogP contribution in [0.1, 0.15) is 32.5 Å². The van der Waals surface area contributed by atoms with Crippen molar-refractivity contribution in [2.24, 2.45) is 0 Å². The highest BCUT2D eigenvalue weighted by Crippen LogP contribution is 2.27. The van der Waals surface area contributed by atoms with Crippen LogP contribution in [-0.2, 0) is 6.18 Å². The van der Waals surface area contributed by atoms with Crippen LogP contribution in [-0.4, -0.2) is 25.9 Å². The van der Waals surface area contributed by atoms with E-state index in [0.29, 0.717) is 10.3 Å². The summed E-state index contributed by atoms with van der Waals surface area (Å²) in [5, 5.41) is 13.6. The summed E-state index contributed by atoms with van der Waals surface area (Å²) in [4.78, 5) is 0. The second kappa shape index (κ2) is 5.02. The molecule has 8 heteroatoms. The molecule has 0 aliphatic carbocycles. The van der Waals surface area contributed by atoms with E-state index >= 15 is 0 Å². The molecule has 19 heavy (non-hydrogen) atoms. The third-order valence-electron chi connectivity index (χ3n) is 2.85. The van der Waals surface area contributed by atoms with Gasteiger partial charge in [0, 0.05) is 6.04 Å². The summed E-state index contributed by atoms with van der Waals surface area (Å²) in [6, 6.07) is 3.23. The molecule has 2 aromatic rings. The summed E-state index contributed by atoms with van der Waals surface area (Å²) in [6.07, 6.45) is -2.84. The minimum Gasteiger partial charge on any atom is -0.366 e. The molecule has 0 atom stereocenters. The molecule has 5 nitrogen and oxygen atoms in total. The molecule has 0 spiro atoms. The van der Waals surface area contributed by atoms with Crippen molar-refractivity contribution in [3.8, 4) is 0 Å². The van der Waals surface area contributed by atoms with Gasteiger partial charge in [0.05, 0.1) is 0 Å². The molecule has 0 amide bonds. The lowest BCUT2D eigenvalue weighted by molar-refractivity contribution is -0.146. The van der Waals surface area contributed by atoms with Crippen LogP contribution in [0.4, 0.5) is 19.0 Å². The van der Waals surface area contributed by atoms with E-state index in [9.17, 15) is 13.2 Å². The maximum atomic E-state index is 12.7. The van der Waals surface area contributed by atoms with Crippen molar-refractivity contribution < 1.29 is 13.2 Å². The molecule has 0 saturated carbocycles. The third kappa shape index (κ3) is 2.77. The van der Waals surface area contributed by atoms with E-state index in [-0.39, 0.29) is 11.7 Å². The van der Waals surface area contributed by atoms with Gasteiger partial charge in [-0.25, -0.2) is 0 Å². The zero-order chi connectivity index (χ0) is 14.0. The van der Waals surface area contributed by atoms with E-state index in [4.69, 9.17) is 0 Å². The van der Waals surface area contributed by atoms with Crippen molar-refractivity contribution in [1.29, 1.82) is 0 Å². The first-order chi connectivity index (χ1) is 8.95. The Morgan fingerprint density at radius 2 is 1.89 bits per heavy atom. The summed E-state index contributed by atoms with van der Waals surface area (Å²) < 4.78 is 38.8. The zero-order valence-electron chi connectivity index (χ0n) is 10.6. The lowest BCUT2D eigenvalue weighted by atomic mass is 10.2. The summed E-state index contributed by atoms with van der Waals surface area (Å²) >= 11 is 0. The Hall–Kier alpha value is -1.86. The molecular weight excluding hydrogens is 259 g/mol. The highest BCUT2D eigenvalue weighted by Gasteiger charge is 2.37. The first-order valence-corrected chi connectivity index (χ1v) is 6.02. The summed E-state index contributed by atoms with van der Waals surface area (Å²) in [7, 11) is 0. The number of fused-ring (bicyclic) bond motifs is 1. The topological polar surface area (TPSA) is 55.1 Å². The first-order valence-electron chi connectivity index (χ1n) is 6.02. The maximum Gasteiger partial charge on any atom is 0.453 e. The molecule has 0 saturated heterocycles. The lowest BCUT2D eigenvalue weighted by Gasteiger charge is -2.15. The van der Waals surface area contributed by atoms with Crippen molar-refractivity contribution in [3.63, 3.8) is 0 Å². The largest absolute Gasteiger partial charge is 0.453 e. The number of anilines is 1. The van der Waals surface area contributed by atoms with Crippen molar-refractivity contribution in [3.05, 3.63) is 18.0 Å². The van der Waals surface area contributed by atoms with Crippen LogP contribution in [0.3, 0.4) is 0 Å². The molecule has 2 rings (SSSR count). The molecule has 1 N–H and O–H groups in total. The van der Waals surface area contributed by atoms with E-state index in [2.05, 4.69) is 20.6 Å². The van der Waals surface area contributed by atoms with Gasteiger partial charge in [-0.3, -0.25) is 0 Å². The van der Waals surface area contributed by atoms with E-state index in [1.54, 1.807) is 6.07 Å². The van der Waals surface area contributed by atoms with Crippen LogP contribution in [0.2, 0.25) is 0 Å². The summed E-state index contributed by atoms with van der Waals surface area (Å²) in [6.45, 7) is 4.00. The van der Waals surface area contributed by atoms with Crippen LogP contribution in [0, 0.1) is 0 Å². The van der Waals surface area contributed by atoms with Gasteiger partial charge in [-0.05, 0) is 25.0 Å². The fraction of sp³-hybridized carbons (Fsp3) is 0.545. The van der Waals surface area contributed by atoms with E-state index in [0.717, 1.165) is 12.8 Å². The minimum atomic E-state index is -4.57. The van der Waals surface area contributed by atoms with E-state index < -0.39 is 12.0 Å². The number of hydrogen-bond acceptors (Lipinski definition) is 4. The van der Waals surface area contributed by atoms with Gasteiger partial charge in [0.25, 0.3) is 5.82 Å². The Labute approximate surface area is 107 Å². The Morgan fingerprint density at radius 3 is 2.47 bits per heavy atom. The van der Waals surface area contributed by atoms with Crippen LogP contribution in [0.5, 0.6) is 0 Å². The van der Waals surface area contributed by atoms with E-state index in [1.165, 1.54) is 6.07 Å². The van der Waals surface area contributed by atoms with Gasteiger partial charge < -0.3 is 5.32 Å². The second-order valence-corrected chi connectivity index (χ2v) is 4.17. The van der Waals surface area contributed by atoms with Crippen LogP contribution in [0.25, 0.3) is 5.65 Å². The molecule has 0 fully saturated rings. The van der Waals surface area contributed by atoms with Crippen molar-refractivity contribution >= 4 is 11.5 Å². The Balaban J connectivity index is 2.38. The minimum absolute atomic E-state index is 0.0717. The lowest BCUT2D eigenvalue weighted by Crippen LogP contribution is -2.19. The van der Waals surface area contributed by atoms with Crippen molar-refractivity contribution in [2.45, 2.75) is 38.9 Å². The third-order valence-corrected chi connectivity index (χ3v) is 2.85. The van der Waals surface area contributed by atoms with Crippen molar-refractivity contribution in [2.75, 3.05) is 5.32 Å². The Kier molecular flexibility index (Phi) is 3.59. The molecule has 0 unspecified atom stereocenters. The average molecular weight is 273 g/mol.